The average Bonchev–Trinajstić information content (AvgIpc) is 2.68. The van der Waals surface area contributed by atoms with Gasteiger partial charge in [0.05, 0.1) is 11.5 Å². The first kappa shape index (κ1) is 21.9. The molecule has 0 fully saturated rings. The summed E-state index contributed by atoms with van der Waals surface area (Å²) in [6.07, 6.45) is 0.916. The molecule has 0 atom stereocenters. The van der Waals surface area contributed by atoms with E-state index in [2.05, 4.69) is 5.32 Å². The molecule has 7 heteroatoms. The predicted molar refractivity (Wildman–Crippen MR) is 111 cm³/mol. The first-order valence-corrected chi connectivity index (χ1v) is 10.9. The van der Waals surface area contributed by atoms with E-state index in [0.29, 0.717) is 38.2 Å². The highest BCUT2D eigenvalue weighted by Gasteiger charge is 2.21. The Kier molecular flexibility index (Phi) is 8.02. The molecule has 2 aromatic carbocycles. The average molecular weight is 405 g/mol. The zero-order valence-electron chi connectivity index (χ0n) is 16.6. The maximum atomic E-state index is 12.5. The van der Waals surface area contributed by atoms with Crippen molar-refractivity contribution < 1.29 is 17.9 Å². The van der Waals surface area contributed by atoms with Crippen molar-refractivity contribution in [1.29, 1.82) is 0 Å². The van der Waals surface area contributed by atoms with E-state index in [-0.39, 0.29) is 10.8 Å². The van der Waals surface area contributed by atoms with E-state index in [1.807, 2.05) is 31.2 Å². The molecule has 0 aliphatic rings. The van der Waals surface area contributed by atoms with Gasteiger partial charge in [-0.15, -0.1) is 0 Å². The van der Waals surface area contributed by atoms with Crippen LogP contribution in [0.25, 0.3) is 0 Å². The number of amides is 1. The Morgan fingerprint density at radius 2 is 1.61 bits per heavy atom. The third-order valence-electron chi connectivity index (χ3n) is 4.32. The van der Waals surface area contributed by atoms with Gasteiger partial charge in [-0.1, -0.05) is 31.5 Å². The highest BCUT2D eigenvalue weighted by molar-refractivity contribution is 7.89. The van der Waals surface area contributed by atoms with Crippen LogP contribution in [-0.2, 0) is 14.8 Å². The van der Waals surface area contributed by atoms with Crippen LogP contribution in [-0.4, -0.2) is 38.3 Å². The normalized spacial score (nSPS) is 11.4. The summed E-state index contributed by atoms with van der Waals surface area (Å²) in [5.74, 6) is 0.655. The summed E-state index contributed by atoms with van der Waals surface area (Å²) < 4.78 is 31.9. The van der Waals surface area contributed by atoms with Crippen LogP contribution >= 0.6 is 0 Å². The summed E-state index contributed by atoms with van der Waals surface area (Å²) in [4.78, 5) is 12.3. The smallest absolute Gasteiger partial charge is 0.243 e. The van der Waals surface area contributed by atoms with E-state index < -0.39 is 10.0 Å². The molecule has 0 saturated heterocycles. The highest BCUT2D eigenvalue weighted by atomic mass is 32.2. The SMILES string of the molecule is CCN(CC)S(=O)(=O)c1ccc(NC(=O)CCCOc2ccc(C)cc2)cc1. The molecular formula is C21H28N2O4S. The summed E-state index contributed by atoms with van der Waals surface area (Å²) in [7, 11) is -3.49. The van der Waals surface area contributed by atoms with Crippen molar-refractivity contribution in [1.82, 2.24) is 4.31 Å². The number of aryl methyl sites for hydroxylation is 1. The fraction of sp³-hybridized carbons (Fsp3) is 0.381. The van der Waals surface area contributed by atoms with Crippen molar-refractivity contribution in [2.45, 2.75) is 38.5 Å². The minimum atomic E-state index is -3.49. The number of carbonyl (C=O) groups is 1. The number of hydrogen-bond donors (Lipinski definition) is 1. The standard InChI is InChI=1S/C21H28N2O4S/c1-4-23(5-2)28(25,26)20-14-10-18(11-15-20)22-21(24)7-6-16-27-19-12-8-17(3)9-13-19/h8-15H,4-7,16H2,1-3H3,(H,22,24). The van der Waals surface area contributed by atoms with Gasteiger partial charge in [-0.25, -0.2) is 8.42 Å². The number of sulfonamides is 1. The van der Waals surface area contributed by atoms with Gasteiger partial charge in [-0.2, -0.15) is 4.31 Å². The van der Waals surface area contributed by atoms with E-state index in [1.54, 1.807) is 26.0 Å². The molecule has 0 heterocycles. The van der Waals surface area contributed by atoms with Crippen LogP contribution < -0.4 is 10.1 Å². The van der Waals surface area contributed by atoms with Crippen LogP contribution in [0.3, 0.4) is 0 Å². The number of benzene rings is 2. The Morgan fingerprint density at radius 1 is 1.00 bits per heavy atom. The number of anilines is 1. The molecule has 28 heavy (non-hydrogen) atoms. The number of carbonyl (C=O) groups excluding carboxylic acids is 1. The summed E-state index contributed by atoms with van der Waals surface area (Å²) >= 11 is 0. The van der Waals surface area contributed by atoms with Crippen molar-refractivity contribution >= 4 is 21.6 Å². The second-order valence-electron chi connectivity index (χ2n) is 6.43. The van der Waals surface area contributed by atoms with E-state index in [9.17, 15) is 13.2 Å². The van der Waals surface area contributed by atoms with Crippen molar-refractivity contribution in [3.63, 3.8) is 0 Å². The molecule has 0 radical (unpaired) electrons. The van der Waals surface area contributed by atoms with Gasteiger partial charge in [0.15, 0.2) is 0 Å². The van der Waals surface area contributed by atoms with Crippen LogP contribution in [0.4, 0.5) is 5.69 Å². The van der Waals surface area contributed by atoms with Gasteiger partial charge in [0.25, 0.3) is 0 Å². The maximum absolute atomic E-state index is 12.5. The van der Waals surface area contributed by atoms with Gasteiger partial charge in [-0.05, 0) is 49.7 Å². The highest BCUT2D eigenvalue weighted by Crippen LogP contribution is 2.18. The van der Waals surface area contributed by atoms with Crippen LogP contribution in [0, 0.1) is 6.92 Å². The van der Waals surface area contributed by atoms with Crippen LogP contribution in [0.15, 0.2) is 53.4 Å². The molecule has 1 N–H and O–H groups in total. The van der Waals surface area contributed by atoms with Gasteiger partial charge >= 0.3 is 0 Å². The van der Waals surface area contributed by atoms with Crippen molar-refractivity contribution in [3.05, 3.63) is 54.1 Å². The molecule has 0 aromatic heterocycles. The van der Waals surface area contributed by atoms with E-state index in [1.165, 1.54) is 22.0 Å². The third-order valence-corrected chi connectivity index (χ3v) is 6.38. The molecule has 0 bridgehead atoms. The molecule has 2 rings (SSSR count). The number of ether oxygens (including phenoxy) is 1. The Bertz CT molecular complexity index is 858. The topological polar surface area (TPSA) is 75.7 Å². The lowest BCUT2D eigenvalue weighted by Gasteiger charge is -2.18. The molecular weight excluding hydrogens is 376 g/mol. The number of nitrogens with zero attached hydrogens (tertiary/aromatic N) is 1. The molecule has 0 unspecified atom stereocenters. The first-order valence-electron chi connectivity index (χ1n) is 9.46. The Morgan fingerprint density at radius 3 is 2.18 bits per heavy atom. The lowest BCUT2D eigenvalue weighted by molar-refractivity contribution is -0.116. The first-order chi connectivity index (χ1) is 13.4. The molecule has 2 aromatic rings. The second-order valence-corrected chi connectivity index (χ2v) is 8.36. The molecule has 6 nitrogen and oxygen atoms in total. The van der Waals surface area contributed by atoms with Gasteiger partial charge < -0.3 is 10.1 Å². The zero-order valence-corrected chi connectivity index (χ0v) is 17.5. The Balaban J connectivity index is 1.81. The van der Waals surface area contributed by atoms with Crippen LogP contribution in [0.5, 0.6) is 5.75 Å². The maximum Gasteiger partial charge on any atom is 0.243 e. The Labute approximate surface area is 167 Å². The van der Waals surface area contributed by atoms with Gasteiger partial charge in [0, 0.05) is 25.2 Å². The van der Waals surface area contributed by atoms with Gasteiger partial charge in [-0.3, -0.25) is 4.79 Å². The number of hydrogen-bond acceptors (Lipinski definition) is 4. The second kappa shape index (κ2) is 10.2. The number of nitrogens with one attached hydrogen (secondary N) is 1. The molecule has 1 amide bonds. The van der Waals surface area contributed by atoms with Crippen molar-refractivity contribution in [2.75, 3.05) is 25.0 Å². The largest absolute Gasteiger partial charge is 0.494 e. The van der Waals surface area contributed by atoms with E-state index in [0.717, 1.165) is 5.75 Å². The van der Waals surface area contributed by atoms with Gasteiger partial charge in [0.2, 0.25) is 15.9 Å². The summed E-state index contributed by atoms with van der Waals surface area (Å²) in [5.41, 5.74) is 1.74. The van der Waals surface area contributed by atoms with E-state index >= 15 is 0 Å². The molecule has 0 aliphatic heterocycles. The third kappa shape index (κ3) is 6.07. The van der Waals surface area contributed by atoms with Crippen LogP contribution in [0.1, 0.15) is 32.3 Å². The van der Waals surface area contributed by atoms with Crippen molar-refractivity contribution in [2.24, 2.45) is 0 Å². The minimum Gasteiger partial charge on any atom is -0.494 e. The van der Waals surface area contributed by atoms with Crippen LogP contribution in [0.2, 0.25) is 0 Å². The summed E-state index contributed by atoms with van der Waals surface area (Å²) in [5, 5.41) is 2.78. The summed E-state index contributed by atoms with van der Waals surface area (Å²) in [6, 6.07) is 14.0. The lowest BCUT2D eigenvalue weighted by Crippen LogP contribution is -2.30. The fourth-order valence-corrected chi connectivity index (χ4v) is 4.16. The molecule has 0 aliphatic carbocycles. The molecule has 0 spiro atoms. The molecule has 0 saturated carbocycles. The number of rotatable bonds is 10. The quantitative estimate of drug-likeness (QED) is 0.611. The van der Waals surface area contributed by atoms with E-state index in [4.69, 9.17) is 4.74 Å². The summed E-state index contributed by atoms with van der Waals surface area (Å²) in [6.45, 7) is 6.91. The molecule has 152 valence electrons. The fourth-order valence-electron chi connectivity index (χ4n) is 2.70. The Hall–Kier alpha value is -2.38. The lowest BCUT2D eigenvalue weighted by atomic mass is 10.2. The zero-order chi connectivity index (χ0) is 20.6. The van der Waals surface area contributed by atoms with Gasteiger partial charge in [0.1, 0.15) is 5.75 Å². The minimum absolute atomic E-state index is 0.133. The van der Waals surface area contributed by atoms with Crippen molar-refractivity contribution in [3.8, 4) is 5.75 Å². The monoisotopic (exact) mass is 404 g/mol. The predicted octanol–water partition coefficient (Wildman–Crippen LogP) is 3.82.